The second kappa shape index (κ2) is 5.96. The Labute approximate surface area is 132 Å². The number of ether oxygens (including phenoxy) is 1. The fourth-order valence-electron chi connectivity index (χ4n) is 2.42. The molecule has 0 atom stereocenters. The molecule has 0 aliphatic rings. The Morgan fingerprint density at radius 3 is 2.52 bits per heavy atom. The number of rotatable bonds is 3. The van der Waals surface area contributed by atoms with Gasteiger partial charge in [-0.05, 0) is 18.2 Å². The molecule has 1 aromatic heterocycles. The molecule has 0 fully saturated rings. The van der Waals surface area contributed by atoms with Gasteiger partial charge in [-0.3, -0.25) is 9.59 Å². The van der Waals surface area contributed by atoms with Gasteiger partial charge in [0, 0.05) is 18.2 Å². The minimum atomic E-state index is -0.278. The predicted molar refractivity (Wildman–Crippen MR) is 88.8 cm³/mol. The largest absolute Gasteiger partial charge is 0.490 e. The highest BCUT2D eigenvalue weighted by Crippen LogP contribution is 2.31. The molecular formula is C18H15NO4. The number of amides is 1. The van der Waals surface area contributed by atoms with E-state index in [1.165, 1.54) is 14.0 Å². The number of nitrogens with one attached hydrogen (secondary N) is 1. The van der Waals surface area contributed by atoms with Crippen molar-refractivity contribution < 1.29 is 13.9 Å². The zero-order valence-corrected chi connectivity index (χ0v) is 12.8. The Balaban J connectivity index is 2.25. The van der Waals surface area contributed by atoms with Crippen molar-refractivity contribution >= 4 is 22.6 Å². The Hall–Kier alpha value is -3.08. The number of methoxy groups -OCH3 is 1. The van der Waals surface area contributed by atoms with Crippen LogP contribution >= 0.6 is 0 Å². The molecule has 0 saturated heterocycles. The van der Waals surface area contributed by atoms with Crippen molar-refractivity contribution in [1.29, 1.82) is 0 Å². The first-order valence-electron chi connectivity index (χ1n) is 7.08. The highest BCUT2D eigenvalue weighted by molar-refractivity contribution is 5.92. The molecule has 1 N–H and O–H groups in total. The lowest BCUT2D eigenvalue weighted by atomic mass is 10.1. The number of carbonyl (C=O) groups excluding carboxylic acids is 1. The van der Waals surface area contributed by atoms with Gasteiger partial charge in [-0.1, -0.05) is 30.3 Å². The van der Waals surface area contributed by atoms with Crippen LogP contribution in [0.3, 0.4) is 0 Å². The molecule has 0 unspecified atom stereocenters. The van der Waals surface area contributed by atoms with E-state index >= 15 is 0 Å². The third kappa shape index (κ3) is 2.81. The van der Waals surface area contributed by atoms with E-state index in [9.17, 15) is 9.59 Å². The van der Waals surface area contributed by atoms with E-state index in [2.05, 4.69) is 5.32 Å². The fourth-order valence-corrected chi connectivity index (χ4v) is 2.42. The summed E-state index contributed by atoms with van der Waals surface area (Å²) in [7, 11) is 1.43. The van der Waals surface area contributed by atoms with E-state index in [4.69, 9.17) is 9.15 Å². The molecule has 0 radical (unpaired) electrons. The predicted octanol–water partition coefficient (Wildman–Crippen LogP) is 3.43. The minimum Gasteiger partial charge on any atom is -0.490 e. The summed E-state index contributed by atoms with van der Waals surface area (Å²) in [6, 6.07) is 14.2. The lowest BCUT2D eigenvalue weighted by Crippen LogP contribution is -2.09. The number of anilines is 1. The smallest absolute Gasteiger partial charge is 0.235 e. The van der Waals surface area contributed by atoms with Crippen LogP contribution in [0.15, 0.2) is 57.7 Å². The number of fused-ring (bicyclic) bond motifs is 1. The summed E-state index contributed by atoms with van der Waals surface area (Å²) in [5.74, 6) is 0.322. The summed E-state index contributed by atoms with van der Waals surface area (Å²) in [5, 5.41) is 3.00. The molecule has 3 rings (SSSR count). The minimum absolute atomic E-state index is 0.142. The van der Waals surface area contributed by atoms with Crippen molar-refractivity contribution in [3.63, 3.8) is 0 Å². The summed E-state index contributed by atoms with van der Waals surface area (Å²) in [5.41, 5.74) is 1.45. The maximum Gasteiger partial charge on any atom is 0.235 e. The van der Waals surface area contributed by atoms with Crippen molar-refractivity contribution in [2.45, 2.75) is 6.92 Å². The highest BCUT2D eigenvalue weighted by Gasteiger charge is 2.17. The molecule has 0 aliphatic carbocycles. The summed E-state index contributed by atoms with van der Waals surface area (Å²) < 4.78 is 11.1. The fraction of sp³-hybridized carbons (Fsp3) is 0.111. The van der Waals surface area contributed by atoms with E-state index in [0.29, 0.717) is 22.4 Å². The van der Waals surface area contributed by atoms with Gasteiger partial charge in [0.05, 0.1) is 12.5 Å². The van der Waals surface area contributed by atoms with E-state index in [1.807, 2.05) is 30.3 Å². The highest BCUT2D eigenvalue weighted by atomic mass is 16.5. The number of hydrogen-bond acceptors (Lipinski definition) is 4. The second-order valence-corrected chi connectivity index (χ2v) is 5.05. The van der Waals surface area contributed by atoms with Crippen molar-refractivity contribution in [3.8, 4) is 17.1 Å². The Bertz CT molecular complexity index is 929. The maximum atomic E-state index is 12.7. The van der Waals surface area contributed by atoms with Crippen LogP contribution in [0.1, 0.15) is 6.92 Å². The van der Waals surface area contributed by atoms with Gasteiger partial charge >= 0.3 is 0 Å². The van der Waals surface area contributed by atoms with Gasteiger partial charge in [-0.2, -0.15) is 0 Å². The Kier molecular flexibility index (Phi) is 3.85. The van der Waals surface area contributed by atoms with Crippen LogP contribution in [0.25, 0.3) is 22.3 Å². The van der Waals surface area contributed by atoms with Gasteiger partial charge in [0.25, 0.3) is 0 Å². The SMILES string of the molecule is COc1c(-c2ccccc2)oc2ccc(NC(C)=O)cc2c1=O. The average molecular weight is 309 g/mol. The first-order chi connectivity index (χ1) is 11.1. The number of carbonyl (C=O) groups is 1. The van der Waals surface area contributed by atoms with Crippen LogP contribution in [-0.4, -0.2) is 13.0 Å². The molecule has 23 heavy (non-hydrogen) atoms. The van der Waals surface area contributed by atoms with Crippen LogP contribution < -0.4 is 15.5 Å². The Morgan fingerprint density at radius 1 is 1.13 bits per heavy atom. The van der Waals surface area contributed by atoms with Crippen LogP contribution in [-0.2, 0) is 4.79 Å². The van der Waals surface area contributed by atoms with Gasteiger partial charge in [-0.25, -0.2) is 0 Å². The number of benzene rings is 2. The van der Waals surface area contributed by atoms with Crippen LogP contribution in [0.2, 0.25) is 0 Å². The molecule has 1 amide bonds. The first-order valence-corrected chi connectivity index (χ1v) is 7.08. The summed E-state index contributed by atoms with van der Waals surface area (Å²) in [4.78, 5) is 23.9. The molecule has 5 nitrogen and oxygen atoms in total. The van der Waals surface area contributed by atoms with Crippen molar-refractivity contribution in [2.24, 2.45) is 0 Å². The third-order valence-electron chi connectivity index (χ3n) is 3.41. The first kappa shape index (κ1) is 14.8. The van der Waals surface area contributed by atoms with Gasteiger partial charge in [-0.15, -0.1) is 0 Å². The van der Waals surface area contributed by atoms with Gasteiger partial charge in [0.2, 0.25) is 17.1 Å². The van der Waals surface area contributed by atoms with Crippen LogP contribution in [0.5, 0.6) is 5.75 Å². The van der Waals surface area contributed by atoms with Gasteiger partial charge in [0.15, 0.2) is 5.76 Å². The zero-order chi connectivity index (χ0) is 16.4. The quantitative estimate of drug-likeness (QED) is 0.805. The van der Waals surface area contributed by atoms with Gasteiger partial charge in [0.1, 0.15) is 5.58 Å². The normalized spacial score (nSPS) is 10.5. The van der Waals surface area contributed by atoms with Crippen molar-refractivity contribution in [2.75, 3.05) is 12.4 Å². The maximum absolute atomic E-state index is 12.7. The average Bonchev–Trinajstić information content (AvgIpc) is 2.55. The second-order valence-electron chi connectivity index (χ2n) is 5.05. The van der Waals surface area contributed by atoms with Crippen molar-refractivity contribution in [1.82, 2.24) is 0 Å². The lowest BCUT2D eigenvalue weighted by molar-refractivity contribution is -0.114. The summed E-state index contributed by atoms with van der Waals surface area (Å²) in [6.07, 6.45) is 0. The van der Waals surface area contributed by atoms with Crippen LogP contribution in [0, 0.1) is 0 Å². The Morgan fingerprint density at radius 2 is 1.87 bits per heavy atom. The lowest BCUT2D eigenvalue weighted by Gasteiger charge is -2.10. The molecule has 0 bridgehead atoms. The monoisotopic (exact) mass is 309 g/mol. The van der Waals surface area contributed by atoms with E-state index in [-0.39, 0.29) is 17.1 Å². The molecule has 2 aromatic carbocycles. The number of hydrogen-bond donors (Lipinski definition) is 1. The zero-order valence-electron chi connectivity index (χ0n) is 12.8. The van der Waals surface area contributed by atoms with E-state index in [0.717, 1.165) is 5.56 Å². The third-order valence-corrected chi connectivity index (χ3v) is 3.41. The molecule has 3 aromatic rings. The van der Waals surface area contributed by atoms with Crippen LogP contribution in [0.4, 0.5) is 5.69 Å². The molecule has 116 valence electrons. The summed E-state index contributed by atoms with van der Waals surface area (Å²) in [6.45, 7) is 1.41. The summed E-state index contributed by atoms with van der Waals surface area (Å²) >= 11 is 0. The van der Waals surface area contributed by atoms with E-state index < -0.39 is 0 Å². The molecule has 5 heteroatoms. The molecule has 0 aliphatic heterocycles. The van der Waals surface area contributed by atoms with Crippen molar-refractivity contribution in [3.05, 3.63) is 58.8 Å². The molecule has 0 spiro atoms. The molecule has 1 heterocycles. The molecular weight excluding hydrogens is 294 g/mol. The topological polar surface area (TPSA) is 68.5 Å². The van der Waals surface area contributed by atoms with Gasteiger partial charge < -0.3 is 14.5 Å². The molecule has 0 saturated carbocycles. The van der Waals surface area contributed by atoms with E-state index in [1.54, 1.807) is 18.2 Å². The standard InChI is InChI=1S/C18H15NO4/c1-11(20)19-13-8-9-15-14(10-13)16(21)18(22-2)17(23-15)12-6-4-3-5-7-12/h3-10H,1-2H3,(H,19,20).